The fourth-order valence-corrected chi connectivity index (χ4v) is 2.64. The highest BCUT2D eigenvalue weighted by Gasteiger charge is 2.27. The fourth-order valence-electron chi connectivity index (χ4n) is 2.64. The van der Waals surface area contributed by atoms with Gasteiger partial charge in [0.1, 0.15) is 0 Å². The Balaban J connectivity index is 1.65. The second-order valence-corrected chi connectivity index (χ2v) is 5.45. The van der Waals surface area contributed by atoms with E-state index in [0.29, 0.717) is 6.04 Å². The molecule has 1 saturated carbocycles. The molecule has 1 saturated heterocycles. The summed E-state index contributed by atoms with van der Waals surface area (Å²) in [5, 5.41) is 3.75. The fraction of sp³-hybridized carbons (Fsp3) is 0.643. The van der Waals surface area contributed by atoms with E-state index in [9.17, 15) is 0 Å². The summed E-state index contributed by atoms with van der Waals surface area (Å²) in [4.78, 5) is 6.77. The van der Waals surface area contributed by atoms with Crippen molar-refractivity contribution >= 4 is 5.69 Å². The van der Waals surface area contributed by atoms with Crippen molar-refractivity contribution in [2.75, 3.05) is 18.0 Å². The van der Waals surface area contributed by atoms with E-state index < -0.39 is 0 Å². The second-order valence-electron chi connectivity index (χ2n) is 5.45. The van der Waals surface area contributed by atoms with Crippen molar-refractivity contribution in [3.05, 3.63) is 24.0 Å². The molecule has 3 nitrogen and oxygen atoms in total. The largest absolute Gasteiger partial charge is 0.369 e. The van der Waals surface area contributed by atoms with Crippen molar-refractivity contribution in [1.82, 2.24) is 10.3 Å². The number of anilines is 1. The molecule has 3 rings (SSSR count). The molecule has 2 aliphatic rings. The highest BCUT2D eigenvalue weighted by Crippen LogP contribution is 2.24. The van der Waals surface area contributed by atoms with Crippen molar-refractivity contribution < 1.29 is 0 Å². The third-order valence-electron chi connectivity index (χ3n) is 3.70. The quantitative estimate of drug-likeness (QED) is 0.863. The number of hydrogen-bond acceptors (Lipinski definition) is 3. The van der Waals surface area contributed by atoms with E-state index in [2.05, 4.69) is 28.2 Å². The molecule has 3 heteroatoms. The van der Waals surface area contributed by atoms with Gasteiger partial charge in [-0.15, -0.1) is 0 Å². The van der Waals surface area contributed by atoms with E-state index in [4.69, 9.17) is 0 Å². The van der Waals surface area contributed by atoms with E-state index in [-0.39, 0.29) is 0 Å². The van der Waals surface area contributed by atoms with Crippen molar-refractivity contribution in [2.24, 2.45) is 0 Å². The molecule has 1 aliphatic carbocycles. The van der Waals surface area contributed by atoms with Crippen LogP contribution < -0.4 is 10.2 Å². The number of nitrogens with zero attached hydrogens (tertiary/aromatic N) is 2. The summed E-state index contributed by atoms with van der Waals surface area (Å²) in [6.07, 6.45) is 9.29. The Morgan fingerprint density at radius 2 is 2.12 bits per heavy atom. The van der Waals surface area contributed by atoms with E-state index in [1.807, 2.05) is 12.4 Å². The van der Waals surface area contributed by atoms with Crippen LogP contribution in [0, 0.1) is 6.92 Å². The molecule has 0 aromatic carbocycles. The van der Waals surface area contributed by atoms with E-state index in [0.717, 1.165) is 12.6 Å². The van der Waals surface area contributed by atoms with Crippen LogP contribution in [0.1, 0.15) is 31.2 Å². The Kier molecular flexibility index (Phi) is 3.02. The molecular formula is C14H21N3. The molecule has 1 atom stereocenters. The van der Waals surface area contributed by atoms with Gasteiger partial charge in [-0.2, -0.15) is 0 Å². The van der Waals surface area contributed by atoms with Gasteiger partial charge in [-0.25, -0.2) is 0 Å². The Morgan fingerprint density at radius 1 is 1.24 bits per heavy atom. The summed E-state index contributed by atoms with van der Waals surface area (Å²) in [5.41, 5.74) is 2.53. The molecule has 0 bridgehead atoms. The van der Waals surface area contributed by atoms with Gasteiger partial charge in [-0.05, 0) is 44.2 Å². The minimum Gasteiger partial charge on any atom is -0.369 e. The molecule has 0 radical (unpaired) electrons. The van der Waals surface area contributed by atoms with E-state index in [1.165, 1.54) is 43.5 Å². The highest BCUT2D eigenvalue weighted by molar-refractivity contribution is 5.46. The van der Waals surface area contributed by atoms with E-state index >= 15 is 0 Å². The first kappa shape index (κ1) is 11.0. The predicted octanol–water partition coefficient (Wildman–Crippen LogP) is 2.11. The Morgan fingerprint density at radius 3 is 2.88 bits per heavy atom. The third-order valence-corrected chi connectivity index (χ3v) is 3.70. The first-order valence-electron chi connectivity index (χ1n) is 6.74. The van der Waals surface area contributed by atoms with Crippen molar-refractivity contribution in [3.8, 4) is 0 Å². The summed E-state index contributed by atoms with van der Waals surface area (Å²) in [6.45, 7) is 4.43. The Labute approximate surface area is 103 Å². The number of nitrogens with one attached hydrogen (secondary N) is 1. The molecule has 1 unspecified atom stereocenters. The topological polar surface area (TPSA) is 28.2 Å². The minimum absolute atomic E-state index is 0.678. The van der Waals surface area contributed by atoms with Gasteiger partial charge in [0.05, 0.1) is 11.9 Å². The minimum atomic E-state index is 0.678. The number of aryl methyl sites for hydroxylation is 1. The van der Waals surface area contributed by atoms with Gasteiger partial charge >= 0.3 is 0 Å². The van der Waals surface area contributed by atoms with Gasteiger partial charge in [0.2, 0.25) is 0 Å². The van der Waals surface area contributed by atoms with Crippen LogP contribution in [-0.2, 0) is 0 Å². The SMILES string of the molecule is Cc1cncc(N2CCCC(NC3CC3)C2)c1. The lowest BCUT2D eigenvalue weighted by molar-refractivity contribution is 0.420. The van der Waals surface area contributed by atoms with Crippen LogP contribution >= 0.6 is 0 Å². The number of pyridine rings is 1. The standard InChI is InChI=1S/C14H21N3/c1-11-7-14(9-15-8-11)17-6-2-3-13(10-17)16-12-4-5-12/h7-9,12-13,16H,2-6,10H2,1H3. The second kappa shape index (κ2) is 4.65. The van der Waals surface area contributed by atoms with Crippen LogP contribution in [0.2, 0.25) is 0 Å². The smallest absolute Gasteiger partial charge is 0.0555 e. The molecule has 1 aromatic heterocycles. The predicted molar refractivity (Wildman–Crippen MR) is 70.4 cm³/mol. The zero-order chi connectivity index (χ0) is 11.7. The van der Waals surface area contributed by atoms with Crippen molar-refractivity contribution in [2.45, 2.75) is 44.7 Å². The first-order valence-corrected chi connectivity index (χ1v) is 6.74. The third kappa shape index (κ3) is 2.78. The number of hydrogen-bond donors (Lipinski definition) is 1. The zero-order valence-electron chi connectivity index (χ0n) is 10.5. The average Bonchev–Trinajstić information content (AvgIpc) is 3.13. The van der Waals surface area contributed by atoms with Crippen LogP contribution in [0.3, 0.4) is 0 Å². The summed E-state index contributed by atoms with van der Waals surface area (Å²) in [7, 11) is 0. The molecule has 2 heterocycles. The maximum Gasteiger partial charge on any atom is 0.0555 e. The van der Waals surface area contributed by atoms with Crippen molar-refractivity contribution in [1.29, 1.82) is 0 Å². The molecule has 1 aliphatic heterocycles. The lowest BCUT2D eigenvalue weighted by atomic mass is 10.0. The van der Waals surface area contributed by atoms with Crippen molar-refractivity contribution in [3.63, 3.8) is 0 Å². The van der Waals surface area contributed by atoms with Gasteiger partial charge in [0, 0.05) is 31.4 Å². The number of rotatable bonds is 3. The normalized spacial score (nSPS) is 25.0. The van der Waals surface area contributed by atoms with Gasteiger partial charge in [0.15, 0.2) is 0 Å². The molecule has 1 aromatic rings. The summed E-state index contributed by atoms with van der Waals surface area (Å²) in [5.74, 6) is 0. The summed E-state index contributed by atoms with van der Waals surface area (Å²) < 4.78 is 0. The van der Waals surface area contributed by atoms with Crippen LogP contribution in [0.4, 0.5) is 5.69 Å². The zero-order valence-corrected chi connectivity index (χ0v) is 10.5. The van der Waals surface area contributed by atoms with Crippen LogP contribution in [-0.4, -0.2) is 30.2 Å². The van der Waals surface area contributed by atoms with Crippen LogP contribution in [0.15, 0.2) is 18.5 Å². The molecule has 0 amide bonds. The molecule has 1 N–H and O–H groups in total. The Hall–Kier alpha value is -1.09. The molecular weight excluding hydrogens is 210 g/mol. The average molecular weight is 231 g/mol. The molecule has 92 valence electrons. The monoisotopic (exact) mass is 231 g/mol. The van der Waals surface area contributed by atoms with Gasteiger partial charge in [0.25, 0.3) is 0 Å². The first-order chi connectivity index (χ1) is 8.31. The lowest BCUT2D eigenvalue weighted by Crippen LogP contribution is -2.46. The van der Waals surface area contributed by atoms with Crippen LogP contribution in [0.5, 0.6) is 0 Å². The number of piperidine rings is 1. The summed E-state index contributed by atoms with van der Waals surface area (Å²) in [6, 6.07) is 3.74. The number of aromatic nitrogens is 1. The summed E-state index contributed by atoms with van der Waals surface area (Å²) >= 11 is 0. The lowest BCUT2D eigenvalue weighted by Gasteiger charge is -2.35. The highest BCUT2D eigenvalue weighted by atomic mass is 15.2. The van der Waals surface area contributed by atoms with Gasteiger partial charge < -0.3 is 10.2 Å². The maximum absolute atomic E-state index is 4.30. The molecule has 17 heavy (non-hydrogen) atoms. The Bertz CT molecular complexity index is 387. The van der Waals surface area contributed by atoms with Gasteiger partial charge in [-0.1, -0.05) is 0 Å². The molecule has 2 fully saturated rings. The van der Waals surface area contributed by atoms with Gasteiger partial charge in [-0.3, -0.25) is 4.98 Å². The molecule has 0 spiro atoms. The van der Waals surface area contributed by atoms with Crippen LogP contribution in [0.25, 0.3) is 0 Å². The van der Waals surface area contributed by atoms with E-state index in [1.54, 1.807) is 0 Å². The maximum atomic E-state index is 4.30.